The zero-order chi connectivity index (χ0) is 15.4. The number of alkyl halides is 3. The second-order valence-electron chi connectivity index (χ2n) is 6.30. The molecule has 0 aromatic heterocycles. The summed E-state index contributed by atoms with van der Waals surface area (Å²) in [4.78, 5) is 13.0. The quantitative estimate of drug-likeness (QED) is 0.762. The highest BCUT2D eigenvalue weighted by Crippen LogP contribution is 2.34. The zero-order valence-corrected chi connectivity index (χ0v) is 12.2. The molecule has 0 aromatic carbocycles. The highest BCUT2D eigenvalue weighted by molar-refractivity contribution is 5.73. The summed E-state index contributed by atoms with van der Waals surface area (Å²) in [6.07, 6.45) is -1.46. The van der Waals surface area contributed by atoms with Crippen molar-refractivity contribution in [3.05, 3.63) is 0 Å². The standard InChI is InChI=1S/C14H24F3NO2/c1-13(2,12(19)20)7-3-4-8-18-9-5-11(6-10-18)14(15,16)17/h11H,3-10H2,1-2H3,(H,19,20). The predicted molar refractivity (Wildman–Crippen MR) is 70.5 cm³/mol. The van der Waals surface area contributed by atoms with Crippen LogP contribution in [-0.4, -0.2) is 41.8 Å². The van der Waals surface area contributed by atoms with Crippen LogP contribution in [0.25, 0.3) is 0 Å². The van der Waals surface area contributed by atoms with Crippen molar-refractivity contribution in [1.29, 1.82) is 0 Å². The Labute approximate surface area is 118 Å². The van der Waals surface area contributed by atoms with Crippen molar-refractivity contribution < 1.29 is 23.1 Å². The Kier molecular flexibility index (Phi) is 5.86. The molecule has 20 heavy (non-hydrogen) atoms. The summed E-state index contributed by atoms with van der Waals surface area (Å²) in [5.74, 6) is -1.95. The van der Waals surface area contributed by atoms with E-state index in [1.807, 2.05) is 0 Å². The second kappa shape index (κ2) is 6.78. The van der Waals surface area contributed by atoms with E-state index in [1.165, 1.54) is 0 Å². The van der Waals surface area contributed by atoms with Gasteiger partial charge < -0.3 is 10.0 Å². The number of unbranched alkanes of at least 4 members (excludes halogenated alkanes) is 1. The van der Waals surface area contributed by atoms with Crippen LogP contribution >= 0.6 is 0 Å². The van der Waals surface area contributed by atoms with Crippen LogP contribution in [0.2, 0.25) is 0 Å². The maximum atomic E-state index is 12.5. The number of aliphatic carboxylic acids is 1. The number of hydrogen-bond donors (Lipinski definition) is 1. The molecule has 1 aliphatic heterocycles. The van der Waals surface area contributed by atoms with Crippen LogP contribution in [0.1, 0.15) is 46.0 Å². The molecule has 1 aliphatic rings. The summed E-state index contributed by atoms with van der Waals surface area (Å²) in [6, 6.07) is 0. The van der Waals surface area contributed by atoms with Gasteiger partial charge in [-0.3, -0.25) is 4.79 Å². The number of carbonyl (C=O) groups is 1. The van der Waals surface area contributed by atoms with Crippen LogP contribution < -0.4 is 0 Å². The van der Waals surface area contributed by atoms with Crippen molar-refractivity contribution >= 4 is 5.97 Å². The Balaban J connectivity index is 2.18. The number of hydrogen-bond acceptors (Lipinski definition) is 2. The topological polar surface area (TPSA) is 40.5 Å². The van der Waals surface area contributed by atoms with Gasteiger partial charge in [-0.1, -0.05) is 6.42 Å². The molecule has 1 N–H and O–H groups in total. The Hall–Kier alpha value is -0.780. The Morgan fingerprint density at radius 2 is 1.75 bits per heavy atom. The number of rotatable bonds is 6. The van der Waals surface area contributed by atoms with E-state index >= 15 is 0 Å². The fourth-order valence-electron chi connectivity index (χ4n) is 2.49. The second-order valence-corrected chi connectivity index (χ2v) is 6.30. The number of nitrogens with zero attached hydrogens (tertiary/aromatic N) is 1. The lowest BCUT2D eigenvalue weighted by Crippen LogP contribution is -2.39. The number of likely N-dealkylation sites (tertiary alicyclic amines) is 1. The molecule has 1 heterocycles. The van der Waals surface area contributed by atoms with E-state index in [2.05, 4.69) is 4.90 Å². The molecule has 0 aliphatic carbocycles. The number of carboxylic acid groups (broad SMARTS) is 1. The van der Waals surface area contributed by atoms with Crippen LogP contribution in [0.4, 0.5) is 13.2 Å². The van der Waals surface area contributed by atoms with E-state index in [-0.39, 0.29) is 12.8 Å². The van der Waals surface area contributed by atoms with Crippen LogP contribution in [0.5, 0.6) is 0 Å². The molecule has 1 rings (SSSR count). The maximum Gasteiger partial charge on any atom is 0.391 e. The molecule has 0 aromatic rings. The molecule has 3 nitrogen and oxygen atoms in total. The molecule has 0 amide bonds. The van der Waals surface area contributed by atoms with E-state index in [4.69, 9.17) is 5.11 Å². The largest absolute Gasteiger partial charge is 0.481 e. The van der Waals surface area contributed by atoms with Gasteiger partial charge in [0.1, 0.15) is 0 Å². The predicted octanol–water partition coefficient (Wildman–Crippen LogP) is 3.54. The Morgan fingerprint density at radius 3 is 2.20 bits per heavy atom. The average Bonchev–Trinajstić information content (AvgIpc) is 2.34. The maximum absolute atomic E-state index is 12.5. The number of carboxylic acids is 1. The van der Waals surface area contributed by atoms with E-state index in [1.54, 1.807) is 13.8 Å². The molecule has 1 saturated heterocycles. The van der Waals surface area contributed by atoms with Gasteiger partial charge in [-0.25, -0.2) is 0 Å². The molecule has 1 fully saturated rings. The molecule has 118 valence electrons. The fourth-order valence-corrected chi connectivity index (χ4v) is 2.49. The SMILES string of the molecule is CC(C)(CCCCN1CCC(C(F)(F)F)CC1)C(=O)O. The Morgan fingerprint density at radius 1 is 1.20 bits per heavy atom. The summed E-state index contributed by atoms with van der Waals surface area (Å²) >= 11 is 0. The minimum absolute atomic E-state index is 0.185. The molecule has 0 spiro atoms. The van der Waals surface area contributed by atoms with E-state index in [0.717, 1.165) is 19.4 Å². The smallest absolute Gasteiger partial charge is 0.391 e. The third-order valence-electron chi connectivity index (χ3n) is 4.16. The van der Waals surface area contributed by atoms with Crippen molar-refractivity contribution in [2.75, 3.05) is 19.6 Å². The van der Waals surface area contributed by atoms with Gasteiger partial charge in [-0.2, -0.15) is 13.2 Å². The van der Waals surface area contributed by atoms with Gasteiger partial charge >= 0.3 is 12.1 Å². The minimum atomic E-state index is -4.06. The molecular formula is C14H24F3NO2. The molecular weight excluding hydrogens is 271 g/mol. The molecule has 0 bridgehead atoms. The van der Waals surface area contributed by atoms with Crippen LogP contribution in [-0.2, 0) is 4.79 Å². The third-order valence-corrected chi connectivity index (χ3v) is 4.16. The average molecular weight is 295 g/mol. The zero-order valence-electron chi connectivity index (χ0n) is 12.2. The normalized spacial score (nSPS) is 19.2. The number of piperidine rings is 1. The molecule has 0 unspecified atom stereocenters. The van der Waals surface area contributed by atoms with Crippen molar-refractivity contribution in [3.63, 3.8) is 0 Å². The lowest BCUT2D eigenvalue weighted by atomic mass is 9.87. The van der Waals surface area contributed by atoms with Crippen LogP contribution in [0.15, 0.2) is 0 Å². The van der Waals surface area contributed by atoms with Gasteiger partial charge in [-0.05, 0) is 59.2 Å². The fraction of sp³-hybridized carbons (Fsp3) is 0.929. The van der Waals surface area contributed by atoms with Gasteiger partial charge in [0.15, 0.2) is 0 Å². The monoisotopic (exact) mass is 295 g/mol. The minimum Gasteiger partial charge on any atom is -0.481 e. The lowest BCUT2D eigenvalue weighted by Gasteiger charge is -2.33. The van der Waals surface area contributed by atoms with Gasteiger partial charge in [0, 0.05) is 0 Å². The summed E-state index contributed by atoms with van der Waals surface area (Å²) in [5.41, 5.74) is -0.719. The first-order valence-electron chi connectivity index (χ1n) is 7.15. The van der Waals surface area contributed by atoms with Crippen molar-refractivity contribution in [3.8, 4) is 0 Å². The summed E-state index contributed by atoms with van der Waals surface area (Å²) in [5, 5.41) is 8.98. The molecule has 0 atom stereocenters. The first-order chi connectivity index (χ1) is 9.13. The van der Waals surface area contributed by atoms with E-state index < -0.39 is 23.5 Å². The number of halogens is 3. The summed E-state index contributed by atoms with van der Waals surface area (Å²) < 4.78 is 37.5. The van der Waals surface area contributed by atoms with Gasteiger partial charge in [0.05, 0.1) is 11.3 Å². The highest BCUT2D eigenvalue weighted by atomic mass is 19.4. The first kappa shape index (κ1) is 17.3. The highest BCUT2D eigenvalue weighted by Gasteiger charge is 2.40. The first-order valence-corrected chi connectivity index (χ1v) is 7.15. The lowest BCUT2D eigenvalue weighted by molar-refractivity contribution is -0.185. The van der Waals surface area contributed by atoms with Crippen molar-refractivity contribution in [1.82, 2.24) is 4.90 Å². The van der Waals surface area contributed by atoms with Crippen molar-refractivity contribution in [2.24, 2.45) is 11.3 Å². The van der Waals surface area contributed by atoms with Gasteiger partial charge in [0.2, 0.25) is 0 Å². The van der Waals surface area contributed by atoms with Gasteiger partial charge in [0.25, 0.3) is 0 Å². The van der Waals surface area contributed by atoms with Gasteiger partial charge in [-0.15, -0.1) is 0 Å². The molecule has 0 saturated carbocycles. The summed E-state index contributed by atoms with van der Waals surface area (Å²) in [7, 11) is 0. The van der Waals surface area contributed by atoms with E-state index in [9.17, 15) is 18.0 Å². The van der Waals surface area contributed by atoms with Crippen molar-refractivity contribution in [2.45, 2.75) is 52.1 Å². The Bertz CT molecular complexity index is 321. The third kappa shape index (κ3) is 5.31. The van der Waals surface area contributed by atoms with Crippen LogP contribution in [0.3, 0.4) is 0 Å². The van der Waals surface area contributed by atoms with E-state index in [0.29, 0.717) is 19.5 Å². The molecule has 6 heteroatoms. The van der Waals surface area contributed by atoms with Crippen LogP contribution in [0, 0.1) is 11.3 Å². The molecule has 0 radical (unpaired) electrons. The summed E-state index contributed by atoms with van der Waals surface area (Å²) in [6.45, 7) is 5.15.